The number of aromatic nitrogens is 2. The Morgan fingerprint density at radius 1 is 1.19 bits per heavy atom. The van der Waals surface area contributed by atoms with Crippen molar-refractivity contribution in [3.63, 3.8) is 0 Å². The number of carbonyl (C=O) groups excluding carboxylic acids is 1. The molecule has 0 atom stereocenters. The molecular formula is C18H18N4O3S. The molecule has 2 aromatic heterocycles. The first-order valence-electron chi connectivity index (χ1n) is 8.46. The van der Waals surface area contributed by atoms with Crippen LogP contribution in [0.1, 0.15) is 12.8 Å². The van der Waals surface area contributed by atoms with Crippen molar-refractivity contribution in [1.29, 1.82) is 0 Å². The van der Waals surface area contributed by atoms with Crippen molar-refractivity contribution in [3.8, 4) is 10.8 Å². The summed E-state index contributed by atoms with van der Waals surface area (Å²) in [6.45, 7) is 1.96. The van der Waals surface area contributed by atoms with E-state index in [4.69, 9.17) is 4.42 Å². The predicted octanol–water partition coefficient (Wildman–Crippen LogP) is 2.80. The number of hydrogen-bond acceptors (Lipinski definition) is 6. The van der Waals surface area contributed by atoms with Gasteiger partial charge in [-0.15, -0.1) is 16.4 Å². The highest BCUT2D eigenvalue weighted by Crippen LogP contribution is 2.22. The Balaban J connectivity index is 1.40. The highest BCUT2D eigenvalue weighted by atomic mass is 32.1. The quantitative estimate of drug-likeness (QED) is 0.747. The van der Waals surface area contributed by atoms with E-state index in [1.807, 2.05) is 41.8 Å². The molecule has 3 aromatic rings. The summed E-state index contributed by atoms with van der Waals surface area (Å²) in [5.74, 6) is -0.743. The molecule has 1 N–H and O–H groups in total. The number of rotatable bonds is 5. The van der Waals surface area contributed by atoms with Gasteiger partial charge in [-0.3, -0.25) is 4.79 Å². The van der Waals surface area contributed by atoms with Crippen molar-refractivity contribution in [2.75, 3.05) is 23.3 Å². The van der Waals surface area contributed by atoms with E-state index in [0.29, 0.717) is 5.69 Å². The number of carbonyl (C=O) groups is 1. The van der Waals surface area contributed by atoms with E-state index in [2.05, 4.69) is 15.3 Å². The summed E-state index contributed by atoms with van der Waals surface area (Å²) in [5, 5.41) is 8.73. The zero-order chi connectivity index (χ0) is 17.9. The molecule has 4 rings (SSSR count). The number of benzene rings is 1. The Kier molecular flexibility index (Phi) is 4.57. The lowest BCUT2D eigenvalue weighted by atomic mass is 10.2. The Bertz CT molecular complexity index is 938. The van der Waals surface area contributed by atoms with Crippen LogP contribution in [0.5, 0.6) is 0 Å². The zero-order valence-electron chi connectivity index (χ0n) is 14.1. The summed E-state index contributed by atoms with van der Waals surface area (Å²) < 4.78 is 6.13. The van der Waals surface area contributed by atoms with Crippen molar-refractivity contribution >= 4 is 28.6 Å². The molecule has 1 saturated heterocycles. The van der Waals surface area contributed by atoms with Gasteiger partial charge in [0.25, 0.3) is 5.89 Å². The summed E-state index contributed by atoms with van der Waals surface area (Å²) in [6, 6.07) is 11.4. The molecule has 1 aliphatic rings. The first-order chi connectivity index (χ1) is 12.7. The lowest BCUT2D eigenvalue weighted by molar-refractivity contribution is -0.117. The Labute approximate surface area is 153 Å². The van der Waals surface area contributed by atoms with Crippen LogP contribution in [0.3, 0.4) is 0 Å². The monoisotopic (exact) mass is 370 g/mol. The normalized spacial score (nSPS) is 13.9. The van der Waals surface area contributed by atoms with E-state index in [1.54, 1.807) is 0 Å². The van der Waals surface area contributed by atoms with Gasteiger partial charge in [-0.2, -0.15) is 4.68 Å². The maximum absolute atomic E-state index is 12.2. The zero-order valence-corrected chi connectivity index (χ0v) is 14.9. The minimum absolute atomic E-state index is 0.193. The molecule has 1 fully saturated rings. The molecule has 0 saturated carbocycles. The lowest BCUT2D eigenvalue weighted by Gasteiger charge is -2.17. The van der Waals surface area contributed by atoms with Crippen LogP contribution in [0, 0.1) is 0 Å². The SMILES string of the molecule is O=C(Cn1nc(-c2cccs2)oc1=O)Nc1ccc(N2CCCC2)cc1. The summed E-state index contributed by atoms with van der Waals surface area (Å²) in [6.07, 6.45) is 2.44. The molecule has 26 heavy (non-hydrogen) atoms. The maximum atomic E-state index is 12.2. The van der Waals surface area contributed by atoms with Gasteiger partial charge in [-0.05, 0) is 48.6 Å². The van der Waals surface area contributed by atoms with Crippen molar-refractivity contribution < 1.29 is 9.21 Å². The highest BCUT2D eigenvalue weighted by Gasteiger charge is 2.15. The molecule has 8 heteroatoms. The van der Waals surface area contributed by atoms with Crippen molar-refractivity contribution in [3.05, 3.63) is 52.3 Å². The molecule has 1 aliphatic heterocycles. The molecule has 0 spiro atoms. The fraction of sp³-hybridized carbons (Fsp3) is 0.278. The van der Waals surface area contributed by atoms with Crippen LogP contribution >= 0.6 is 11.3 Å². The number of anilines is 2. The van der Waals surface area contributed by atoms with Crippen molar-refractivity contribution in [2.45, 2.75) is 19.4 Å². The largest absolute Gasteiger partial charge is 0.437 e. The summed E-state index contributed by atoms with van der Waals surface area (Å²) in [4.78, 5) is 27.2. The molecule has 0 unspecified atom stereocenters. The first-order valence-corrected chi connectivity index (χ1v) is 9.34. The smallest absolute Gasteiger partial charge is 0.387 e. The minimum atomic E-state index is -0.645. The van der Waals surface area contributed by atoms with Gasteiger partial charge in [0.2, 0.25) is 5.91 Å². The van der Waals surface area contributed by atoms with E-state index in [-0.39, 0.29) is 18.3 Å². The number of nitrogens with one attached hydrogen (secondary N) is 1. The van der Waals surface area contributed by atoms with Crippen LogP contribution in [-0.4, -0.2) is 28.8 Å². The minimum Gasteiger partial charge on any atom is -0.387 e. The third kappa shape index (κ3) is 3.55. The number of thiophene rings is 1. The Hall–Kier alpha value is -2.87. The number of nitrogens with zero attached hydrogens (tertiary/aromatic N) is 3. The van der Waals surface area contributed by atoms with Gasteiger partial charge < -0.3 is 14.6 Å². The van der Waals surface area contributed by atoms with Crippen molar-refractivity contribution in [1.82, 2.24) is 9.78 Å². The predicted molar refractivity (Wildman–Crippen MR) is 101 cm³/mol. The lowest BCUT2D eigenvalue weighted by Crippen LogP contribution is -2.25. The van der Waals surface area contributed by atoms with Crippen LogP contribution in [0.4, 0.5) is 11.4 Å². The summed E-state index contributed by atoms with van der Waals surface area (Å²) in [7, 11) is 0. The second kappa shape index (κ2) is 7.17. The topological polar surface area (TPSA) is 80.4 Å². The van der Waals surface area contributed by atoms with Gasteiger partial charge >= 0.3 is 5.76 Å². The Morgan fingerprint density at radius 3 is 2.65 bits per heavy atom. The van der Waals surface area contributed by atoms with Gasteiger partial charge in [-0.1, -0.05) is 6.07 Å². The van der Waals surface area contributed by atoms with E-state index >= 15 is 0 Å². The fourth-order valence-electron chi connectivity index (χ4n) is 2.97. The average Bonchev–Trinajstić information content (AvgIpc) is 3.38. The van der Waals surface area contributed by atoms with Gasteiger partial charge in [0, 0.05) is 24.5 Å². The van der Waals surface area contributed by atoms with Gasteiger partial charge in [0.15, 0.2) is 0 Å². The third-order valence-corrected chi connectivity index (χ3v) is 5.11. The molecule has 0 aliphatic carbocycles. The first kappa shape index (κ1) is 16.6. The molecule has 1 aromatic carbocycles. The van der Waals surface area contributed by atoms with E-state index < -0.39 is 5.76 Å². The Morgan fingerprint density at radius 2 is 1.96 bits per heavy atom. The van der Waals surface area contributed by atoms with Crippen LogP contribution in [0.25, 0.3) is 10.8 Å². The van der Waals surface area contributed by atoms with E-state index in [0.717, 1.165) is 28.3 Å². The molecule has 1 amide bonds. The maximum Gasteiger partial charge on any atom is 0.437 e. The molecule has 134 valence electrons. The molecule has 0 radical (unpaired) electrons. The summed E-state index contributed by atoms with van der Waals surface area (Å²) in [5.41, 5.74) is 1.85. The standard InChI is InChI=1S/C18H18N4O3S/c23-16(12-22-18(24)25-17(20-22)15-4-3-11-26-15)19-13-5-7-14(8-6-13)21-9-1-2-10-21/h3-8,11H,1-2,9-10,12H2,(H,19,23). The van der Waals surface area contributed by atoms with E-state index in [1.165, 1.54) is 24.2 Å². The van der Waals surface area contributed by atoms with Crippen molar-refractivity contribution in [2.24, 2.45) is 0 Å². The third-order valence-electron chi connectivity index (χ3n) is 4.25. The number of amides is 1. The van der Waals surface area contributed by atoms with Gasteiger partial charge in [0.05, 0.1) is 4.88 Å². The second-order valence-corrected chi connectivity index (χ2v) is 7.04. The second-order valence-electron chi connectivity index (χ2n) is 6.10. The summed E-state index contributed by atoms with van der Waals surface area (Å²) >= 11 is 1.42. The van der Waals surface area contributed by atoms with Crippen LogP contribution in [0.15, 0.2) is 51.0 Å². The van der Waals surface area contributed by atoms with Gasteiger partial charge in [0.1, 0.15) is 6.54 Å². The average molecular weight is 370 g/mol. The van der Waals surface area contributed by atoms with E-state index in [9.17, 15) is 9.59 Å². The van der Waals surface area contributed by atoms with Crippen LogP contribution in [-0.2, 0) is 11.3 Å². The molecule has 3 heterocycles. The van der Waals surface area contributed by atoms with Crippen LogP contribution < -0.4 is 16.0 Å². The number of hydrogen-bond donors (Lipinski definition) is 1. The highest BCUT2D eigenvalue weighted by molar-refractivity contribution is 7.13. The molecular weight excluding hydrogens is 352 g/mol. The molecule has 7 nitrogen and oxygen atoms in total. The fourth-order valence-corrected chi connectivity index (χ4v) is 3.62. The van der Waals surface area contributed by atoms with Crippen LogP contribution in [0.2, 0.25) is 0 Å². The van der Waals surface area contributed by atoms with Gasteiger partial charge in [-0.25, -0.2) is 4.79 Å². The molecule has 0 bridgehead atoms.